The fourth-order valence-electron chi connectivity index (χ4n) is 5.15. The average molecular weight is 622 g/mol. The number of carbonyl (C=O) groups excluding carboxylic acids is 1. The number of carboxylic acids is 2. The van der Waals surface area contributed by atoms with Gasteiger partial charge >= 0.3 is 11.9 Å². The Morgan fingerprint density at radius 2 is 1.47 bits per heavy atom. The quantitative estimate of drug-likeness (QED) is 0.308. The minimum Gasteiger partial charge on any atom is -0.492 e. The van der Waals surface area contributed by atoms with E-state index in [9.17, 15) is 4.79 Å². The second-order valence-corrected chi connectivity index (χ2v) is 11.8. The average Bonchev–Trinajstić information content (AvgIpc) is 2.99. The maximum absolute atomic E-state index is 14.3. The second kappa shape index (κ2) is 17.2. The lowest BCUT2D eigenvalue weighted by Crippen LogP contribution is -2.36. The van der Waals surface area contributed by atoms with Gasteiger partial charge in [0, 0.05) is 32.0 Å². The molecule has 1 amide bonds. The molecule has 45 heavy (non-hydrogen) atoms. The van der Waals surface area contributed by atoms with Gasteiger partial charge in [-0.3, -0.25) is 4.79 Å². The first kappa shape index (κ1) is 36.8. The Labute approximate surface area is 266 Å². The Bertz CT molecular complexity index is 1390. The van der Waals surface area contributed by atoms with Gasteiger partial charge in [-0.1, -0.05) is 50.2 Å². The Hall–Kier alpha value is -4.41. The van der Waals surface area contributed by atoms with Crippen LogP contribution in [0.3, 0.4) is 0 Å². The maximum Gasteiger partial charge on any atom is 0.414 e. The van der Waals surface area contributed by atoms with Crippen molar-refractivity contribution in [3.8, 4) is 5.75 Å². The van der Waals surface area contributed by atoms with Crippen LogP contribution in [0.4, 0.5) is 11.4 Å². The molecule has 0 heterocycles. The van der Waals surface area contributed by atoms with Crippen LogP contribution in [0.5, 0.6) is 5.75 Å². The summed E-state index contributed by atoms with van der Waals surface area (Å²) in [6, 6.07) is 23.2. The van der Waals surface area contributed by atoms with Crippen LogP contribution in [0.15, 0.2) is 66.7 Å². The number of aliphatic carboxylic acids is 2. The molecule has 244 valence electrons. The van der Waals surface area contributed by atoms with E-state index >= 15 is 0 Å². The number of amides is 1. The van der Waals surface area contributed by atoms with E-state index in [0.717, 1.165) is 54.1 Å². The van der Waals surface area contributed by atoms with E-state index < -0.39 is 11.9 Å². The van der Waals surface area contributed by atoms with Crippen LogP contribution in [0.2, 0.25) is 0 Å². The van der Waals surface area contributed by atoms with Crippen molar-refractivity contribution < 1.29 is 34.8 Å². The third kappa shape index (κ3) is 10.3. The highest BCUT2D eigenvalue weighted by Gasteiger charge is 2.32. The van der Waals surface area contributed by atoms with Crippen molar-refractivity contribution in [1.29, 1.82) is 0 Å². The summed E-state index contributed by atoms with van der Waals surface area (Å²) in [5.74, 6) is -2.30. The molecule has 1 atom stereocenters. The molecule has 0 aromatic heterocycles. The number of carbonyl (C=O) groups is 3. The van der Waals surface area contributed by atoms with E-state index in [1.165, 1.54) is 11.1 Å². The highest BCUT2D eigenvalue weighted by atomic mass is 16.5. The number of fused-ring (bicyclic) bond motifs is 1. The molecule has 0 radical (unpaired) electrons. The summed E-state index contributed by atoms with van der Waals surface area (Å²) in [7, 11) is 8.18. The Kier molecular flexibility index (Phi) is 14.0. The van der Waals surface area contributed by atoms with Crippen molar-refractivity contribution in [3.05, 3.63) is 89.0 Å². The molecule has 3 aromatic rings. The number of carboxylic acid groups (broad SMARTS) is 2. The molecule has 0 fully saturated rings. The number of hydrogen-bond acceptors (Lipinski definition) is 6. The lowest BCUT2D eigenvalue weighted by atomic mass is 9.81. The molecule has 4 rings (SSSR count). The smallest absolute Gasteiger partial charge is 0.414 e. The fourth-order valence-corrected chi connectivity index (χ4v) is 5.15. The zero-order valence-corrected chi connectivity index (χ0v) is 27.1. The molecule has 0 saturated heterocycles. The van der Waals surface area contributed by atoms with Crippen LogP contribution < -0.4 is 14.5 Å². The highest BCUT2D eigenvalue weighted by molar-refractivity contribution is 6.27. The predicted molar refractivity (Wildman–Crippen MR) is 178 cm³/mol. The second-order valence-electron chi connectivity index (χ2n) is 11.8. The van der Waals surface area contributed by atoms with Crippen LogP contribution in [0, 0.1) is 0 Å². The van der Waals surface area contributed by atoms with Crippen molar-refractivity contribution in [1.82, 2.24) is 4.90 Å². The zero-order chi connectivity index (χ0) is 32.4. The van der Waals surface area contributed by atoms with Crippen LogP contribution in [-0.2, 0) is 27.3 Å². The molecule has 10 nitrogen and oxygen atoms in total. The first-order valence-electron chi connectivity index (χ1n) is 14.9. The normalized spacial score (nSPS) is 13.6. The number of anilines is 2. The minimum absolute atomic E-state index is 0. The number of hydrogen-bond donors (Lipinski definition) is 2. The summed E-state index contributed by atoms with van der Waals surface area (Å²) >= 11 is 0. The summed E-state index contributed by atoms with van der Waals surface area (Å²) in [5.41, 5.74) is 6.81. The largest absolute Gasteiger partial charge is 0.492 e. The van der Waals surface area contributed by atoms with Gasteiger partial charge in [0.25, 0.3) is 0 Å². The standard InChI is InChI=1S/C33H43N3O2.C2H2O4.H2O/c1-24(2)26-15-19-28(20-16-26)36(23-25-13-17-27(18-14-25)35(5)6)33(37)31-11-7-10-30-29(31)9-8-12-32(30)38-22-21-34(3)4;3-1(4)2(5)6;/h8-9,12-20,24,31H,7,10-11,21-23H2,1-6H3;(H,3,4)(H,5,6);1H2. The van der Waals surface area contributed by atoms with Crippen LogP contribution in [0.25, 0.3) is 0 Å². The molecular weight excluding hydrogens is 574 g/mol. The summed E-state index contributed by atoms with van der Waals surface area (Å²) in [6.45, 7) is 6.43. The van der Waals surface area contributed by atoms with Gasteiger partial charge in [0.15, 0.2) is 0 Å². The first-order chi connectivity index (χ1) is 20.9. The number of likely N-dealkylation sites (N-methyl/N-ethyl adjacent to an activating group) is 1. The summed E-state index contributed by atoms with van der Waals surface area (Å²) in [4.78, 5) is 38.7. The van der Waals surface area contributed by atoms with Crippen molar-refractivity contribution in [2.24, 2.45) is 0 Å². The summed E-state index contributed by atoms with van der Waals surface area (Å²) < 4.78 is 6.18. The summed E-state index contributed by atoms with van der Waals surface area (Å²) in [5, 5.41) is 14.8. The highest BCUT2D eigenvalue weighted by Crippen LogP contribution is 2.39. The molecule has 0 bridgehead atoms. The van der Waals surface area contributed by atoms with E-state index in [1.54, 1.807) is 0 Å². The molecule has 1 aliphatic carbocycles. The number of nitrogens with zero attached hydrogens (tertiary/aromatic N) is 3. The van der Waals surface area contributed by atoms with Crippen molar-refractivity contribution >= 4 is 29.2 Å². The molecule has 0 aliphatic heterocycles. The molecule has 0 saturated carbocycles. The molecular formula is C35H47N3O7. The minimum atomic E-state index is -1.82. The van der Waals surface area contributed by atoms with E-state index in [0.29, 0.717) is 19.1 Å². The number of rotatable bonds is 10. The predicted octanol–water partition coefficient (Wildman–Crippen LogP) is 4.80. The first-order valence-corrected chi connectivity index (χ1v) is 14.9. The van der Waals surface area contributed by atoms with Gasteiger partial charge < -0.3 is 35.1 Å². The zero-order valence-electron chi connectivity index (χ0n) is 27.1. The molecule has 10 heteroatoms. The number of ether oxygens (including phenoxy) is 1. The van der Waals surface area contributed by atoms with Crippen LogP contribution in [0.1, 0.15) is 60.8 Å². The molecule has 0 spiro atoms. The molecule has 1 unspecified atom stereocenters. The summed E-state index contributed by atoms with van der Waals surface area (Å²) in [6.07, 6.45) is 2.79. The Balaban J connectivity index is 0.000000918. The molecule has 1 aliphatic rings. The third-order valence-electron chi connectivity index (χ3n) is 7.67. The SMILES string of the molecule is CC(C)c1ccc(N(Cc2ccc(N(C)C)cc2)C(=O)C2CCCc3c(OCCN(C)C)cccc32)cc1.O.O=C(O)C(=O)O. The monoisotopic (exact) mass is 621 g/mol. The van der Waals surface area contributed by atoms with Crippen molar-refractivity contribution in [2.75, 3.05) is 51.1 Å². The van der Waals surface area contributed by atoms with E-state index in [4.69, 9.17) is 24.5 Å². The lowest BCUT2D eigenvalue weighted by molar-refractivity contribution is -0.159. The fraction of sp³-hybridized carbons (Fsp3) is 0.400. The van der Waals surface area contributed by atoms with Gasteiger partial charge in [0.05, 0.1) is 12.5 Å². The van der Waals surface area contributed by atoms with Gasteiger partial charge in [-0.2, -0.15) is 0 Å². The molecule has 3 aromatic carbocycles. The third-order valence-corrected chi connectivity index (χ3v) is 7.67. The van der Waals surface area contributed by atoms with E-state index in [1.807, 2.05) is 25.1 Å². The topological polar surface area (TPSA) is 142 Å². The van der Waals surface area contributed by atoms with E-state index in [-0.39, 0.29) is 17.3 Å². The van der Waals surface area contributed by atoms with Crippen LogP contribution in [-0.4, -0.2) is 79.8 Å². The molecule has 4 N–H and O–H groups in total. The number of benzene rings is 3. The Morgan fingerprint density at radius 3 is 2.00 bits per heavy atom. The lowest BCUT2D eigenvalue weighted by Gasteiger charge is -2.32. The van der Waals surface area contributed by atoms with Crippen molar-refractivity contribution in [3.63, 3.8) is 0 Å². The van der Waals surface area contributed by atoms with Gasteiger partial charge in [-0.15, -0.1) is 0 Å². The maximum atomic E-state index is 14.3. The van der Waals surface area contributed by atoms with Gasteiger partial charge in [0.2, 0.25) is 5.91 Å². The van der Waals surface area contributed by atoms with Crippen LogP contribution >= 0.6 is 0 Å². The van der Waals surface area contributed by atoms with E-state index in [2.05, 4.69) is 98.4 Å². The Morgan fingerprint density at radius 1 is 0.867 bits per heavy atom. The van der Waals surface area contributed by atoms with Gasteiger partial charge in [0.1, 0.15) is 12.4 Å². The van der Waals surface area contributed by atoms with Gasteiger partial charge in [-0.25, -0.2) is 9.59 Å². The van der Waals surface area contributed by atoms with Crippen molar-refractivity contribution in [2.45, 2.75) is 51.5 Å². The van der Waals surface area contributed by atoms with Gasteiger partial charge in [-0.05, 0) is 91.9 Å².